The van der Waals surface area contributed by atoms with Crippen molar-refractivity contribution in [2.75, 3.05) is 19.6 Å². The van der Waals surface area contributed by atoms with E-state index >= 15 is 0 Å². The molecule has 4 heteroatoms. The molecule has 3 nitrogen and oxygen atoms in total. The third-order valence-corrected chi connectivity index (χ3v) is 5.20. The van der Waals surface area contributed by atoms with Crippen LogP contribution in [0.2, 0.25) is 5.02 Å². The van der Waals surface area contributed by atoms with E-state index in [2.05, 4.69) is 10.2 Å². The highest BCUT2D eigenvalue weighted by Crippen LogP contribution is 2.30. The van der Waals surface area contributed by atoms with Crippen LogP contribution in [0.5, 0.6) is 0 Å². The Morgan fingerprint density at radius 2 is 2.00 bits per heavy atom. The van der Waals surface area contributed by atoms with Crippen LogP contribution in [0.1, 0.15) is 42.5 Å². The third kappa shape index (κ3) is 3.41. The maximum absolute atomic E-state index is 12.3. The minimum atomic E-state index is -0.0477. The van der Waals surface area contributed by atoms with Gasteiger partial charge in [0.05, 0.1) is 10.6 Å². The Morgan fingerprint density at radius 3 is 2.86 bits per heavy atom. The van der Waals surface area contributed by atoms with Gasteiger partial charge in [-0.2, -0.15) is 0 Å². The molecule has 3 rings (SSSR count). The molecule has 2 aliphatic rings. The van der Waals surface area contributed by atoms with Gasteiger partial charge < -0.3 is 10.2 Å². The lowest BCUT2D eigenvalue weighted by molar-refractivity contribution is 0.0575. The average Bonchev–Trinajstić information content (AvgIpc) is 2.53. The predicted molar refractivity (Wildman–Crippen MR) is 85.7 cm³/mol. The van der Waals surface area contributed by atoms with Gasteiger partial charge in [0.25, 0.3) is 5.91 Å². The Bertz CT molecular complexity index is 503. The molecule has 0 radical (unpaired) electrons. The zero-order valence-corrected chi connectivity index (χ0v) is 13.1. The molecule has 2 aliphatic heterocycles. The molecule has 114 valence electrons. The number of carbonyl (C=O) groups is 1. The van der Waals surface area contributed by atoms with Crippen molar-refractivity contribution in [1.29, 1.82) is 0 Å². The van der Waals surface area contributed by atoms with Crippen molar-refractivity contribution in [1.82, 2.24) is 10.2 Å². The summed E-state index contributed by atoms with van der Waals surface area (Å²) in [6.45, 7) is 3.24. The molecule has 1 N–H and O–H groups in total. The summed E-state index contributed by atoms with van der Waals surface area (Å²) in [5, 5.41) is 3.62. The van der Waals surface area contributed by atoms with Crippen LogP contribution >= 0.6 is 11.6 Å². The zero-order valence-electron chi connectivity index (χ0n) is 12.4. The fourth-order valence-corrected chi connectivity index (χ4v) is 4.00. The molecule has 0 aliphatic carbocycles. The summed E-state index contributed by atoms with van der Waals surface area (Å²) in [7, 11) is 0. The smallest absolute Gasteiger partial charge is 0.252 e. The molecular formula is C17H23ClN2O. The topological polar surface area (TPSA) is 32.3 Å². The zero-order chi connectivity index (χ0) is 14.7. The van der Waals surface area contributed by atoms with Gasteiger partial charge in [0, 0.05) is 12.6 Å². The molecule has 0 bridgehead atoms. The first-order chi connectivity index (χ1) is 10.3. The van der Waals surface area contributed by atoms with Crippen LogP contribution in [0.4, 0.5) is 0 Å². The van der Waals surface area contributed by atoms with Crippen molar-refractivity contribution in [3.05, 3.63) is 34.9 Å². The van der Waals surface area contributed by atoms with E-state index in [-0.39, 0.29) is 5.91 Å². The molecule has 0 saturated carbocycles. The number of hydrogen-bond acceptors (Lipinski definition) is 2. The maximum Gasteiger partial charge on any atom is 0.252 e. The van der Waals surface area contributed by atoms with E-state index in [0.29, 0.717) is 22.5 Å². The van der Waals surface area contributed by atoms with Crippen LogP contribution in [0, 0.1) is 5.92 Å². The number of nitrogens with one attached hydrogen (secondary N) is 1. The number of halogens is 1. The van der Waals surface area contributed by atoms with Crippen molar-refractivity contribution in [3.63, 3.8) is 0 Å². The highest BCUT2D eigenvalue weighted by atomic mass is 35.5. The first-order valence-electron chi connectivity index (χ1n) is 8.02. The summed E-state index contributed by atoms with van der Waals surface area (Å²) in [6.07, 6.45) is 6.42. The minimum Gasteiger partial charge on any atom is -0.352 e. The van der Waals surface area contributed by atoms with E-state index in [9.17, 15) is 4.79 Å². The number of carbonyl (C=O) groups excluding carboxylic acids is 1. The Labute approximate surface area is 131 Å². The molecule has 21 heavy (non-hydrogen) atoms. The third-order valence-electron chi connectivity index (χ3n) is 4.87. The molecule has 0 aromatic heterocycles. The lowest BCUT2D eigenvalue weighted by Gasteiger charge is -2.44. The summed E-state index contributed by atoms with van der Waals surface area (Å²) in [5.74, 6) is 0.541. The molecule has 2 heterocycles. The highest BCUT2D eigenvalue weighted by molar-refractivity contribution is 6.33. The van der Waals surface area contributed by atoms with E-state index < -0.39 is 0 Å². The number of nitrogens with zero attached hydrogens (tertiary/aromatic N) is 1. The van der Waals surface area contributed by atoms with E-state index in [4.69, 9.17) is 11.6 Å². The molecule has 2 fully saturated rings. The number of hydrogen-bond donors (Lipinski definition) is 1. The lowest BCUT2D eigenvalue weighted by atomic mass is 9.83. The number of rotatable bonds is 3. The van der Waals surface area contributed by atoms with Crippen LogP contribution in [0.3, 0.4) is 0 Å². The van der Waals surface area contributed by atoms with E-state index in [0.717, 1.165) is 6.54 Å². The van der Waals surface area contributed by atoms with Gasteiger partial charge in [0.1, 0.15) is 0 Å². The van der Waals surface area contributed by atoms with Crippen LogP contribution in [-0.4, -0.2) is 36.5 Å². The molecule has 2 saturated heterocycles. The number of fused-ring (bicyclic) bond motifs is 1. The van der Waals surface area contributed by atoms with Crippen LogP contribution in [0.15, 0.2) is 24.3 Å². The molecule has 0 spiro atoms. The fourth-order valence-electron chi connectivity index (χ4n) is 3.78. The van der Waals surface area contributed by atoms with Crippen molar-refractivity contribution < 1.29 is 4.79 Å². The van der Waals surface area contributed by atoms with Crippen molar-refractivity contribution in [2.45, 2.75) is 38.1 Å². The van der Waals surface area contributed by atoms with Gasteiger partial charge in [-0.1, -0.05) is 30.2 Å². The molecule has 1 aromatic carbocycles. The van der Waals surface area contributed by atoms with E-state index in [1.807, 2.05) is 12.1 Å². The van der Waals surface area contributed by atoms with Crippen LogP contribution in [-0.2, 0) is 0 Å². The van der Waals surface area contributed by atoms with E-state index in [1.54, 1.807) is 12.1 Å². The van der Waals surface area contributed by atoms with Gasteiger partial charge in [-0.25, -0.2) is 0 Å². The van der Waals surface area contributed by atoms with Crippen molar-refractivity contribution >= 4 is 17.5 Å². The SMILES string of the molecule is O=C(NCC1CCCN2CCCCC12)c1ccccc1Cl. The first kappa shape index (κ1) is 14.9. The minimum absolute atomic E-state index is 0.0477. The molecule has 2 atom stereocenters. The standard InChI is InChI=1S/C17H23ClN2O/c18-15-8-2-1-7-14(15)17(21)19-12-13-6-5-11-20-10-4-3-9-16(13)20/h1-2,7-8,13,16H,3-6,9-12H2,(H,19,21). The van der Waals surface area contributed by atoms with Gasteiger partial charge in [-0.05, 0) is 56.8 Å². The van der Waals surface area contributed by atoms with Gasteiger partial charge >= 0.3 is 0 Å². The first-order valence-corrected chi connectivity index (χ1v) is 8.40. The second kappa shape index (κ2) is 6.80. The maximum atomic E-state index is 12.3. The van der Waals surface area contributed by atoms with Crippen LogP contribution in [0.25, 0.3) is 0 Å². The highest BCUT2D eigenvalue weighted by Gasteiger charge is 2.32. The second-order valence-electron chi connectivity index (χ2n) is 6.19. The number of benzene rings is 1. The van der Waals surface area contributed by atoms with Gasteiger partial charge in [0.15, 0.2) is 0 Å². The molecule has 1 amide bonds. The Morgan fingerprint density at radius 1 is 1.19 bits per heavy atom. The van der Waals surface area contributed by atoms with Crippen molar-refractivity contribution in [3.8, 4) is 0 Å². The number of piperidine rings is 2. The number of amides is 1. The summed E-state index contributed by atoms with van der Waals surface area (Å²) in [4.78, 5) is 14.9. The monoisotopic (exact) mass is 306 g/mol. The largest absolute Gasteiger partial charge is 0.352 e. The van der Waals surface area contributed by atoms with E-state index in [1.165, 1.54) is 45.2 Å². The van der Waals surface area contributed by atoms with Gasteiger partial charge in [0.2, 0.25) is 0 Å². The van der Waals surface area contributed by atoms with Gasteiger partial charge in [-0.15, -0.1) is 0 Å². The predicted octanol–water partition coefficient (Wildman–Crippen LogP) is 3.33. The molecule has 1 aromatic rings. The molecular weight excluding hydrogens is 284 g/mol. The Kier molecular flexibility index (Phi) is 4.81. The summed E-state index contributed by atoms with van der Waals surface area (Å²) in [5.41, 5.74) is 0.579. The average molecular weight is 307 g/mol. The lowest BCUT2D eigenvalue weighted by Crippen LogP contribution is -2.51. The summed E-state index contributed by atoms with van der Waals surface area (Å²) < 4.78 is 0. The summed E-state index contributed by atoms with van der Waals surface area (Å²) >= 11 is 6.08. The molecule has 2 unspecified atom stereocenters. The normalized spacial score (nSPS) is 26.1. The van der Waals surface area contributed by atoms with Crippen LogP contribution < -0.4 is 5.32 Å². The summed E-state index contributed by atoms with van der Waals surface area (Å²) in [6, 6.07) is 7.91. The van der Waals surface area contributed by atoms with Crippen molar-refractivity contribution in [2.24, 2.45) is 5.92 Å². The van der Waals surface area contributed by atoms with Gasteiger partial charge in [-0.3, -0.25) is 4.79 Å². The Hall–Kier alpha value is -1.06. The Balaban J connectivity index is 1.59. The fraction of sp³-hybridized carbons (Fsp3) is 0.588. The second-order valence-corrected chi connectivity index (χ2v) is 6.60. The quantitative estimate of drug-likeness (QED) is 0.929.